The molecule has 0 amide bonds. The lowest BCUT2D eigenvalue weighted by Crippen LogP contribution is -2.29. The van der Waals surface area contributed by atoms with Crippen LogP contribution in [0.2, 0.25) is 0 Å². The number of likely N-dealkylation sites (N-methyl/N-ethyl adjacent to an activating group) is 1. The summed E-state index contributed by atoms with van der Waals surface area (Å²) < 4.78 is 0. The molecule has 0 N–H and O–H groups in total. The highest BCUT2D eigenvalue weighted by Crippen LogP contribution is 2.15. The van der Waals surface area contributed by atoms with Crippen molar-refractivity contribution in [3.05, 3.63) is 23.9 Å². The second kappa shape index (κ2) is 5.27. The fourth-order valence-electron chi connectivity index (χ4n) is 2.09. The van der Waals surface area contributed by atoms with E-state index in [4.69, 9.17) is 0 Å². The van der Waals surface area contributed by atoms with E-state index in [2.05, 4.69) is 21.8 Å². The molecule has 0 spiro atoms. The third-order valence-electron chi connectivity index (χ3n) is 3.20. The fourth-order valence-corrected chi connectivity index (χ4v) is 2.09. The van der Waals surface area contributed by atoms with Gasteiger partial charge in [-0.25, -0.2) is 4.98 Å². The molecule has 1 aromatic heterocycles. The maximum atomic E-state index is 11.3. The van der Waals surface area contributed by atoms with Gasteiger partial charge in [0.05, 0.1) is 0 Å². The van der Waals surface area contributed by atoms with Gasteiger partial charge in [0.1, 0.15) is 5.82 Å². The molecule has 17 heavy (non-hydrogen) atoms. The maximum Gasteiger partial charge on any atom is 0.159 e. The average Bonchev–Trinajstić information content (AvgIpc) is 2.54. The molecule has 4 heteroatoms. The average molecular weight is 233 g/mol. The summed E-state index contributed by atoms with van der Waals surface area (Å²) in [7, 11) is 2.14. The van der Waals surface area contributed by atoms with Gasteiger partial charge in [-0.15, -0.1) is 0 Å². The Morgan fingerprint density at radius 3 is 2.88 bits per heavy atom. The van der Waals surface area contributed by atoms with Crippen LogP contribution in [0.15, 0.2) is 18.3 Å². The number of hydrogen-bond donors (Lipinski definition) is 0. The van der Waals surface area contributed by atoms with Crippen LogP contribution in [0.5, 0.6) is 0 Å². The van der Waals surface area contributed by atoms with E-state index in [1.54, 1.807) is 19.2 Å². The van der Waals surface area contributed by atoms with Gasteiger partial charge >= 0.3 is 0 Å². The van der Waals surface area contributed by atoms with Crippen LogP contribution in [0.4, 0.5) is 5.82 Å². The Morgan fingerprint density at radius 1 is 1.29 bits per heavy atom. The molecule has 1 aromatic rings. The molecule has 0 aromatic carbocycles. The third-order valence-corrected chi connectivity index (χ3v) is 3.20. The fraction of sp³-hybridized carbons (Fsp3) is 0.538. The van der Waals surface area contributed by atoms with Crippen LogP contribution in [0.3, 0.4) is 0 Å². The molecule has 1 fully saturated rings. The first-order chi connectivity index (χ1) is 8.16. The lowest BCUT2D eigenvalue weighted by atomic mass is 10.2. The SMILES string of the molecule is CC(=O)c1ccnc(N2CCCN(C)CC2)c1. The molecule has 0 bridgehead atoms. The first kappa shape index (κ1) is 12.0. The summed E-state index contributed by atoms with van der Waals surface area (Å²) in [5.41, 5.74) is 0.743. The maximum absolute atomic E-state index is 11.3. The minimum absolute atomic E-state index is 0.0978. The first-order valence-corrected chi connectivity index (χ1v) is 6.07. The first-order valence-electron chi connectivity index (χ1n) is 6.07. The number of ketones is 1. The van der Waals surface area contributed by atoms with E-state index in [0.717, 1.165) is 44.0 Å². The number of Topliss-reactive ketones (excluding diaryl/α,β-unsaturated/α-hetero) is 1. The molecule has 0 atom stereocenters. The molecule has 2 heterocycles. The number of aromatic nitrogens is 1. The van der Waals surface area contributed by atoms with E-state index in [-0.39, 0.29) is 5.78 Å². The van der Waals surface area contributed by atoms with E-state index in [1.807, 2.05) is 6.07 Å². The molecule has 1 aliphatic rings. The number of nitrogens with zero attached hydrogens (tertiary/aromatic N) is 3. The molecule has 0 aliphatic carbocycles. The van der Waals surface area contributed by atoms with Gasteiger partial charge in [-0.1, -0.05) is 0 Å². The van der Waals surface area contributed by atoms with E-state index in [1.165, 1.54) is 0 Å². The number of pyridine rings is 1. The summed E-state index contributed by atoms with van der Waals surface area (Å²) in [5, 5.41) is 0. The number of anilines is 1. The molecule has 4 nitrogen and oxygen atoms in total. The lowest BCUT2D eigenvalue weighted by molar-refractivity contribution is 0.101. The molecule has 92 valence electrons. The number of rotatable bonds is 2. The Kier molecular flexibility index (Phi) is 3.74. The van der Waals surface area contributed by atoms with Crippen molar-refractivity contribution in [1.29, 1.82) is 0 Å². The quantitative estimate of drug-likeness (QED) is 0.724. The normalized spacial score (nSPS) is 17.9. The molecule has 1 saturated heterocycles. The van der Waals surface area contributed by atoms with Crippen LogP contribution in [0.25, 0.3) is 0 Å². The Labute approximate surface area is 102 Å². The van der Waals surface area contributed by atoms with Crippen molar-refractivity contribution in [2.24, 2.45) is 0 Å². The molecule has 0 unspecified atom stereocenters. The van der Waals surface area contributed by atoms with E-state index in [9.17, 15) is 4.79 Å². The zero-order valence-electron chi connectivity index (χ0n) is 10.5. The van der Waals surface area contributed by atoms with Gasteiger partial charge in [0.15, 0.2) is 5.78 Å². The van der Waals surface area contributed by atoms with Crippen molar-refractivity contribution < 1.29 is 4.79 Å². The van der Waals surface area contributed by atoms with Crippen LogP contribution in [-0.2, 0) is 0 Å². The molecular weight excluding hydrogens is 214 g/mol. The molecule has 0 radical (unpaired) electrons. The predicted octanol–water partition coefficient (Wildman–Crippen LogP) is 1.43. The lowest BCUT2D eigenvalue weighted by Gasteiger charge is -2.21. The summed E-state index contributed by atoms with van der Waals surface area (Å²) in [6.45, 7) is 5.76. The number of hydrogen-bond acceptors (Lipinski definition) is 4. The standard InChI is InChI=1S/C13H19N3O/c1-11(17)12-4-5-14-13(10-12)16-7-3-6-15(2)8-9-16/h4-5,10H,3,6-9H2,1-2H3. The van der Waals surface area contributed by atoms with E-state index < -0.39 is 0 Å². The largest absolute Gasteiger partial charge is 0.355 e. The van der Waals surface area contributed by atoms with Crippen molar-refractivity contribution >= 4 is 11.6 Å². The van der Waals surface area contributed by atoms with Gasteiger partial charge < -0.3 is 9.80 Å². The van der Waals surface area contributed by atoms with Crippen LogP contribution < -0.4 is 4.90 Å². The van der Waals surface area contributed by atoms with Gasteiger partial charge in [0, 0.05) is 31.4 Å². The molecule has 2 rings (SSSR count). The summed E-state index contributed by atoms with van der Waals surface area (Å²) in [4.78, 5) is 20.3. The zero-order chi connectivity index (χ0) is 12.3. The van der Waals surface area contributed by atoms with Crippen LogP contribution in [-0.4, -0.2) is 48.9 Å². The van der Waals surface area contributed by atoms with Crippen molar-refractivity contribution in [3.63, 3.8) is 0 Å². The van der Waals surface area contributed by atoms with Gasteiger partial charge in [0.25, 0.3) is 0 Å². The summed E-state index contributed by atoms with van der Waals surface area (Å²) in [6, 6.07) is 3.67. The zero-order valence-corrected chi connectivity index (χ0v) is 10.5. The molecular formula is C13H19N3O. The smallest absolute Gasteiger partial charge is 0.159 e. The molecule has 1 aliphatic heterocycles. The Bertz CT molecular complexity index is 405. The highest BCUT2D eigenvalue weighted by Gasteiger charge is 2.14. The van der Waals surface area contributed by atoms with Crippen LogP contribution in [0, 0.1) is 0 Å². The van der Waals surface area contributed by atoms with Crippen molar-refractivity contribution in [2.45, 2.75) is 13.3 Å². The minimum Gasteiger partial charge on any atom is -0.355 e. The van der Waals surface area contributed by atoms with Crippen LogP contribution in [0.1, 0.15) is 23.7 Å². The summed E-state index contributed by atoms with van der Waals surface area (Å²) >= 11 is 0. The Balaban J connectivity index is 2.15. The number of carbonyl (C=O) groups excluding carboxylic acids is 1. The summed E-state index contributed by atoms with van der Waals surface area (Å²) in [6.07, 6.45) is 2.86. The van der Waals surface area contributed by atoms with Gasteiger partial charge in [-0.05, 0) is 39.1 Å². The van der Waals surface area contributed by atoms with Gasteiger partial charge in [-0.3, -0.25) is 4.79 Å². The topological polar surface area (TPSA) is 36.4 Å². The molecule has 0 saturated carbocycles. The summed E-state index contributed by atoms with van der Waals surface area (Å²) in [5.74, 6) is 1.02. The second-order valence-electron chi connectivity index (χ2n) is 4.60. The Morgan fingerprint density at radius 2 is 2.12 bits per heavy atom. The number of carbonyl (C=O) groups is 1. The minimum atomic E-state index is 0.0978. The predicted molar refractivity (Wildman–Crippen MR) is 68.6 cm³/mol. The monoisotopic (exact) mass is 233 g/mol. The highest BCUT2D eigenvalue weighted by molar-refractivity contribution is 5.94. The van der Waals surface area contributed by atoms with Gasteiger partial charge in [0.2, 0.25) is 0 Å². The van der Waals surface area contributed by atoms with Crippen molar-refractivity contribution in [3.8, 4) is 0 Å². The highest BCUT2D eigenvalue weighted by atomic mass is 16.1. The third kappa shape index (κ3) is 3.03. The van der Waals surface area contributed by atoms with Gasteiger partial charge in [-0.2, -0.15) is 0 Å². The Hall–Kier alpha value is -1.42. The van der Waals surface area contributed by atoms with Crippen LogP contribution >= 0.6 is 0 Å². The van der Waals surface area contributed by atoms with Crippen molar-refractivity contribution in [1.82, 2.24) is 9.88 Å². The van der Waals surface area contributed by atoms with E-state index >= 15 is 0 Å². The van der Waals surface area contributed by atoms with Crippen molar-refractivity contribution in [2.75, 3.05) is 38.1 Å². The van der Waals surface area contributed by atoms with E-state index in [0.29, 0.717) is 0 Å². The second-order valence-corrected chi connectivity index (χ2v) is 4.60.